The normalized spacial score (nSPS) is 22.3. The molecule has 3 unspecified atom stereocenters. The third-order valence-electron chi connectivity index (χ3n) is 3.60. The van der Waals surface area contributed by atoms with Crippen molar-refractivity contribution in [3.63, 3.8) is 0 Å². The second-order valence-electron chi connectivity index (χ2n) is 5.38. The molecule has 140 valence electrons. The number of amidine groups is 1. The molecule has 0 saturated carbocycles. The Labute approximate surface area is 144 Å². The highest BCUT2D eigenvalue weighted by Gasteiger charge is 2.31. The van der Waals surface area contributed by atoms with Crippen molar-refractivity contribution >= 4 is 30.6 Å². The number of phosphoric ester groups is 1. The average molecular weight is 385 g/mol. The van der Waals surface area contributed by atoms with Crippen molar-refractivity contribution in [3.05, 3.63) is 33.9 Å². The minimum atomic E-state index is -4.99. The van der Waals surface area contributed by atoms with Gasteiger partial charge in [0.25, 0.3) is 13.4 Å². The summed E-state index contributed by atoms with van der Waals surface area (Å²) in [5.41, 5.74) is 10.5. The summed E-state index contributed by atoms with van der Waals surface area (Å²) in [6, 6.07) is 0. The Hall–Kier alpha value is -2.70. The predicted molar refractivity (Wildman–Crippen MR) is 86.2 cm³/mol. The maximum Gasteiger partial charge on any atom is 0.265 e. The molecule has 1 aliphatic heterocycles. The number of nitrogen functional groups attached to an aromatic ring is 2. The number of ether oxygens (including phenoxy) is 1. The molecule has 0 aromatic carbocycles. The third-order valence-corrected chi connectivity index (χ3v) is 4.08. The van der Waals surface area contributed by atoms with Crippen LogP contribution in [0, 0.1) is 5.41 Å². The predicted octanol–water partition coefficient (Wildman–Crippen LogP) is -1.59. The highest BCUT2D eigenvalue weighted by atomic mass is 31.2. The van der Waals surface area contributed by atoms with E-state index >= 15 is 0 Å². The number of aliphatic hydroxyl groups excluding tert-OH is 1. The molecule has 3 heterocycles. The van der Waals surface area contributed by atoms with Gasteiger partial charge in [-0.05, 0) is 0 Å². The van der Waals surface area contributed by atoms with Crippen LogP contribution < -0.4 is 21.9 Å². The standard InChI is InChI=1S/C12H15N6O7P/c13-9(14)4-2-18(10-8(4)11(20)17-12(15)16-10)7-1-5(19)6(25-7)3-24-26(21,22)23/h1-2,6-7,19H,3H2,(H3,13,14)(H2,21,22,23)(H3,15,16,17,20)/p-1. The Morgan fingerprint density at radius 3 is 2.92 bits per heavy atom. The first-order valence-electron chi connectivity index (χ1n) is 7.06. The molecule has 2 aromatic heterocycles. The van der Waals surface area contributed by atoms with Gasteiger partial charge in [-0.15, -0.1) is 0 Å². The summed E-state index contributed by atoms with van der Waals surface area (Å²) in [5, 5.41) is 17.5. The monoisotopic (exact) mass is 385 g/mol. The molecule has 0 saturated heterocycles. The number of fused-ring (bicyclic) bond motifs is 1. The van der Waals surface area contributed by atoms with Gasteiger partial charge in [-0.1, -0.05) is 0 Å². The van der Waals surface area contributed by atoms with Crippen molar-refractivity contribution in [3.8, 4) is 0 Å². The number of aromatic nitrogens is 3. The van der Waals surface area contributed by atoms with E-state index in [0.29, 0.717) is 0 Å². The van der Waals surface area contributed by atoms with Crippen LogP contribution in [0.1, 0.15) is 11.8 Å². The zero-order valence-corrected chi connectivity index (χ0v) is 13.8. The molecule has 8 N–H and O–H groups in total. The topological polar surface area (TPSA) is 226 Å². The molecule has 0 radical (unpaired) electrons. The van der Waals surface area contributed by atoms with Crippen molar-refractivity contribution in [2.75, 3.05) is 12.3 Å². The molecular formula is C12H14N6O7P-. The molecule has 0 bridgehead atoms. The van der Waals surface area contributed by atoms with E-state index in [2.05, 4.69) is 14.5 Å². The van der Waals surface area contributed by atoms with Gasteiger partial charge < -0.3 is 40.2 Å². The molecule has 26 heavy (non-hydrogen) atoms. The molecule has 0 spiro atoms. The van der Waals surface area contributed by atoms with Crippen molar-refractivity contribution < 1.29 is 28.7 Å². The number of anilines is 1. The number of aliphatic hydroxyl groups is 1. The second kappa shape index (κ2) is 6.23. The van der Waals surface area contributed by atoms with Crippen molar-refractivity contribution in [2.24, 2.45) is 5.73 Å². The van der Waals surface area contributed by atoms with Gasteiger partial charge in [0.05, 0.1) is 12.0 Å². The number of nitrogens with two attached hydrogens (primary N) is 2. The largest absolute Gasteiger partial charge is 0.756 e. The van der Waals surface area contributed by atoms with E-state index in [1.807, 2.05) is 0 Å². The Bertz CT molecular complexity index is 1020. The van der Waals surface area contributed by atoms with Crippen LogP contribution >= 0.6 is 7.82 Å². The zero-order valence-electron chi connectivity index (χ0n) is 12.9. The van der Waals surface area contributed by atoms with Crippen LogP contribution in [0.15, 0.2) is 22.8 Å². The van der Waals surface area contributed by atoms with E-state index in [0.717, 1.165) is 0 Å². The fourth-order valence-electron chi connectivity index (χ4n) is 2.53. The summed E-state index contributed by atoms with van der Waals surface area (Å²) in [7, 11) is -4.99. The molecular weight excluding hydrogens is 371 g/mol. The number of hydrogen-bond donors (Lipinski definition) is 6. The van der Waals surface area contributed by atoms with Gasteiger partial charge in [0.15, 0.2) is 11.9 Å². The van der Waals surface area contributed by atoms with E-state index in [1.54, 1.807) is 0 Å². The number of hydrogen-bond acceptors (Lipinski definition) is 9. The number of rotatable bonds is 5. The maximum absolute atomic E-state index is 12.1. The van der Waals surface area contributed by atoms with Gasteiger partial charge in [-0.25, -0.2) is 0 Å². The summed E-state index contributed by atoms with van der Waals surface area (Å²) in [4.78, 5) is 37.7. The van der Waals surface area contributed by atoms with E-state index < -0.39 is 38.2 Å². The first-order valence-corrected chi connectivity index (χ1v) is 8.55. The Morgan fingerprint density at radius 2 is 2.31 bits per heavy atom. The lowest BCUT2D eigenvalue weighted by atomic mass is 10.2. The lowest BCUT2D eigenvalue weighted by molar-refractivity contribution is -0.222. The van der Waals surface area contributed by atoms with Crippen molar-refractivity contribution in [1.29, 1.82) is 5.41 Å². The summed E-state index contributed by atoms with van der Waals surface area (Å²) in [6.07, 6.45) is 0.324. The van der Waals surface area contributed by atoms with E-state index in [4.69, 9.17) is 26.5 Å². The first-order chi connectivity index (χ1) is 12.1. The van der Waals surface area contributed by atoms with E-state index in [1.165, 1.54) is 16.8 Å². The minimum absolute atomic E-state index is 0.00214. The highest BCUT2D eigenvalue weighted by Crippen LogP contribution is 2.34. The van der Waals surface area contributed by atoms with Crippen LogP contribution in [-0.4, -0.2) is 43.1 Å². The minimum Gasteiger partial charge on any atom is -0.756 e. The highest BCUT2D eigenvalue weighted by molar-refractivity contribution is 7.44. The number of nitrogens with zero attached hydrogens (tertiary/aromatic N) is 2. The molecule has 0 fully saturated rings. The van der Waals surface area contributed by atoms with Gasteiger partial charge in [-0.3, -0.25) is 19.8 Å². The fourth-order valence-corrected chi connectivity index (χ4v) is 2.86. The van der Waals surface area contributed by atoms with Gasteiger partial charge in [-0.2, -0.15) is 4.98 Å². The molecule has 14 heteroatoms. The number of aromatic amines is 1. The molecule has 0 aliphatic carbocycles. The quantitative estimate of drug-likeness (QED) is 0.196. The van der Waals surface area contributed by atoms with Crippen LogP contribution in [0.4, 0.5) is 5.95 Å². The molecule has 0 amide bonds. The Morgan fingerprint density at radius 1 is 1.62 bits per heavy atom. The van der Waals surface area contributed by atoms with Gasteiger partial charge in [0.1, 0.15) is 17.7 Å². The Balaban J connectivity index is 2.00. The summed E-state index contributed by atoms with van der Waals surface area (Å²) in [5.74, 6) is -0.937. The van der Waals surface area contributed by atoms with Gasteiger partial charge >= 0.3 is 0 Å². The van der Waals surface area contributed by atoms with Crippen LogP contribution in [-0.2, 0) is 13.8 Å². The fraction of sp³-hybridized carbons (Fsp3) is 0.250. The molecule has 1 aliphatic rings. The van der Waals surface area contributed by atoms with Crippen LogP contribution in [0.25, 0.3) is 11.0 Å². The number of phosphoric acid groups is 1. The Kier molecular flexibility index (Phi) is 4.34. The van der Waals surface area contributed by atoms with Crippen molar-refractivity contribution in [1.82, 2.24) is 14.5 Å². The smallest absolute Gasteiger partial charge is 0.265 e. The lowest BCUT2D eigenvalue weighted by Crippen LogP contribution is -2.21. The van der Waals surface area contributed by atoms with Crippen LogP contribution in [0.2, 0.25) is 0 Å². The van der Waals surface area contributed by atoms with Crippen LogP contribution in [0.3, 0.4) is 0 Å². The van der Waals surface area contributed by atoms with E-state index in [9.17, 15) is 19.4 Å². The number of nitrogens with one attached hydrogen (secondary N) is 2. The zero-order chi connectivity index (χ0) is 19.2. The molecule has 13 nitrogen and oxygen atoms in total. The summed E-state index contributed by atoms with van der Waals surface area (Å²) in [6.45, 7) is -0.662. The third kappa shape index (κ3) is 3.34. The first kappa shape index (κ1) is 18.1. The second-order valence-corrected chi connectivity index (χ2v) is 6.58. The molecule has 3 rings (SSSR count). The van der Waals surface area contributed by atoms with E-state index in [-0.39, 0.29) is 28.3 Å². The average Bonchev–Trinajstić information content (AvgIpc) is 3.05. The summed E-state index contributed by atoms with van der Waals surface area (Å²) >= 11 is 0. The van der Waals surface area contributed by atoms with Gasteiger partial charge in [0, 0.05) is 17.8 Å². The van der Waals surface area contributed by atoms with Gasteiger partial charge in [0.2, 0.25) is 5.95 Å². The molecule has 2 aromatic rings. The number of H-pyrrole nitrogens is 1. The van der Waals surface area contributed by atoms with Crippen molar-refractivity contribution in [2.45, 2.75) is 12.3 Å². The SMILES string of the molecule is N=C(N)c1cn(C2C=C(O)C(COP(=O)([O-])O)O2)c2nc(N)[nH]c(=O)c12. The summed E-state index contributed by atoms with van der Waals surface area (Å²) < 4.78 is 21.6. The lowest BCUT2D eigenvalue weighted by Gasteiger charge is -2.20. The van der Waals surface area contributed by atoms with Crippen LogP contribution in [0.5, 0.6) is 0 Å². The maximum atomic E-state index is 12.1. The molecule has 3 atom stereocenters.